The Balaban J connectivity index is 1.74. The van der Waals surface area contributed by atoms with E-state index in [0.29, 0.717) is 0 Å². The Bertz CT molecular complexity index is 1080. The maximum absolute atomic E-state index is 6.05. The standard InChI is InChI=1S/C24H22N4/c25-18-7-4-9-20(15-18)27-21-10-6-14-24(17-21)28(22-11-2-1-3-12-22)23-13-5-8-19(26)16-23/h1-17,27H,25-26H2. The van der Waals surface area contributed by atoms with Gasteiger partial charge < -0.3 is 21.7 Å². The minimum atomic E-state index is 0.729. The van der Waals surface area contributed by atoms with Crippen molar-refractivity contribution in [2.75, 3.05) is 21.7 Å². The first kappa shape index (κ1) is 17.5. The lowest BCUT2D eigenvalue weighted by Gasteiger charge is -2.26. The zero-order valence-electron chi connectivity index (χ0n) is 15.4. The van der Waals surface area contributed by atoms with Crippen LogP contribution in [0, 0.1) is 0 Å². The van der Waals surface area contributed by atoms with Gasteiger partial charge in [-0.25, -0.2) is 0 Å². The van der Waals surface area contributed by atoms with Gasteiger partial charge in [0.25, 0.3) is 0 Å². The third kappa shape index (κ3) is 3.91. The molecule has 0 radical (unpaired) electrons. The number of nitrogen functional groups attached to an aromatic ring is 2. The highest BCUT2D eigenvalue weighted by atomic mass is 15.1. The average molecular weight is 366 g/mol. The molecule has 4 rings (SSSR count). The zero-order valence-corrected chi connectivity index (χ0v) is 15.4. The van der Waals surface area contributed by atoms with Crippen LogP contribution in [0.3, 0.4) is 0 Å². The number of nitrogens with zero attached hydrogens (tertiary/aromatic N) is 1. The molecule has 0 aliphatic carbocycles. The summed E-state index contributed by atoms with van der Waals surface area (Å²) < 4.78 is 0. The van der Waals surface area contributed by atoms with Gasteiger partial charge in [-0.3, -0.25) is 0 Å². The lowest BCUT2D eigenvalue weighted by Crippen LogP contribution is -2.10. The highest BCUT2D eigenvalue weighted by molar-refractivity contribution is 5.80. The Morgan fingerprint density at radius 2 is 1.04 bits per heavy atom. The fourth-order valence-electron chi connectivity index (χ4n) is 3.19. The maximum atomic E-state index is 6.05. The second kappa shape index (κ2) is 7.76. The van der Waals surface area contributed by atoms with Crippen molar-refractivity contribution >= 4 is 39.8 Å². The minimum absolute atomic E-state index is 0.729. The first-order valence-corrected chi connectivity index (χ1v) is 9.12. The number of hydrogen-bond donors (Lipinski definition) is 3. The Hall–Kier alpha value is -3.92. The van der Waals surface area contributed by atoms with Crippen molar-refractivity contribution in [2.45, 2.75) is 0 Å². The second-order valence-corrected chi connectivity index (χ2v) is 6.57. The molecule has 0 spiro atoms. The van der Waals surface area contributed by atoms with E-state index in [4.69, 9.17) is 11.5 Å². The summed E-state index contributed by atoms with van der Waals surface area (Å²) in [4.78, 5) is 2.18. The van der Waals surface area contributed by atoms with Crippen molar-refractivity contribution in [2.24, 2.45) is 0 Å². The molecule has 0 aromatic heterocycles. The molecular weight excluding hydrogens is 344 g/mol. The van der Waals surface area contributed by atoms with Crippen LogP contribution in [0.4, 0.5) is 39.8 Å². The average Bonchev–Trinajstić information content (AvgIpc) is 2.70. The van der Waals surface area contributed by atoms with Gasteiger partial charge in [0.2, 0.25) is 0 Å². The van der Waals surface area contributed by atoms with Crippen LogP contribution in [-0.2, 0) is 0 Å². The van der Waals surface area contributed by atoms with Gasteiger partial charge in [0, 0.05) is 39.8 Å². The van der Waals surface area contributed by atoms with Gasteiger partial charge in [0.15, 0.2) is 0 Å². The number of nitrogens with two attached hydrogens (primary N) is 2. The number of hydrogen-bond acceptors (Lipinski definition) is 4. The van der Waals surface area contributed by atoms with Crippen LogP contribution in [0.1, 0.15) is 0 Å². The molecule has 0 heterocycles. The summed E-state index contributed by atoms with van der Waals surface area (Å²) in [6.45, 7) is 0. The van der Waals surface area contributed by atoms with E-state index in [9.17, 15) is 0 Å². The minimum Gasteiger partial charge on any atom is -0.399 e. The van der Waals surface area contributed by atoms with Crippen molar-refractivity contribution in [3.8, 4) is 0 Å². The third-order valence-corrected chi connectivity index (χ3v) is 4.42. The smallest absolute Gasteiger partial charge is 0.0482 e. The molecule has 0 fully saturated rings. The number of para-hydroxylation sites is 1. The van der Waals surface area contributed by atoms with Crippen molar-refractivity contribution in [3.63, 3.8) is 0 Å². The summed E-state index contributed by atoms with van der Waals surface area (Å²) >= 11 is 0. The van der Waals surface area contributed by atoms with Gasteiger partial charge in [0.05, 0.1) is 0 Å². The molecule has 0 bridgehead atoms. The molecule has 5 N–H and O–H groups in total. The summed E-state index contributed by atoms with van der Waals surface area (Å²) in [5, 5.41) is 3.42. The van der Waals surface area contributed by atoms with Gasteiger partial charge >= 0.3 is 0 Å². The van der Waals surface area contributed by atoms with Crippen LogP contribution in [0.25, 0.3) is 0 Å². The van der Waals surface area contributed by atoms with Crippen molar-refractivity contribution in [1.29, 1.82) is 0 Å². The first-order chi connectivity index (χ1) is 13.7. The summed E-state index contributed by atoms with van der Waals surface area (Å²) in [6, 6.07) is 34.1. The fourth-order valence-corrected chi connectivity index (χ4v) is 3.19. The normalized spacial score (nSPS) is 10.4. The van der Waals surface area contributed by atoms with E-state index in [2.05, 4.69) is 40.5 Å². The number of nitrogens with one attached hydrogen (secondary N) is 1. The molecular formula is C24H22N4. The van der Waals surface area contributed by atoms with E-state index in [1.54, 1.807) is 0 Å². The van der Waals surface area contributed by atoms with E-state index >= 15 is 0 Å². The fraction of sp³-hybridized carbons (Fsp3) is 0. The topological polar surface area (TPSA) is 67.3 Å². The predicted octanol–water partition coefficient (Wildman–Crippen LogP) is 6.06. The summed E-state index contributed by atoms with van der Waals surface area (Å²) in [5.74, 6) is 0. The van der Waals surface area contributed by atoms with Gasteiger partial charge in [0.1, 0.15) is 0 Å². The number of benzene rings is 4. The lowest BCUT2D eigenvalue weighted by atomic mass is 10.1. The molecule has 4 aromatic rings. The predicted molar refractivity (Wildman–Crippen MR) is 120 cm³/mol. The molecule has 4 heteroatoms. The quantitative estimate of drug-likeness (QED) is 0.375. The Labute approximate surface area is 165 Å². The van der Waals surface area contributed by atoms with Gasteiger partial charge in [-0.2, -0.15) is 0 Å². The Morgan fingerprint density at radius 1 is 0.500 bits per heavy atom. The molecule has 0 atom stereocenters. The molecule has 4 nitrogen and oxygen atoms in total. The molecule has 0 unspecified atom stereocenters. The second-order valence-electron chi connectivity index (χ2n) is 6.57. The molecule has 0 aliphatic heterocycles. The molecule has 28 heavy (non-hydrogen) atoms. The van der Waals surface area contributed by atoms with Gasteiger partial charge in [-0.15, -0.1) is 0 Å². The monoisotopic (exact) mass is 366 g/mol. The van der Waals surface area contributed by atoms with Crippen LogP contribution < -0.4 is 21.7 Å². The Kier molecular flexibility index (Phi) is 4.85. The van der Waals surface area contributed by atoms with Crippen molar-refractivity contribution < 1.29 is 0 Å². The molecule has 0 amide bonds. The molecule has 0 saturated heterocycles. The van der Waals surface area contributed by atoms with Gasteiger partial charge in [-0.05, 0) is 66.7 Å². The summed E-state index contributed by atoms with van der Waals surface area (Å²) in [7, 11) is 0. The number of anilines is 7. The molecule has 0 aliphatic rings. The van der Waals surface area contributed by atoms with Crippen LogP contribution >= 0.6 is 0 Å². The van der Waals surface area contributed by atoms with Crippen LogP contribution in [-0.4, -0.2) is 0 Å². The van der Waals surface area contributed by atoms with Crippen molar-refractivity contribution in [1.82, 2.24) is 0 Å². The summed E-state index contributed by atoms with van der Waals surface area (Å²) in [5.41, 5.74) is 18.4. The van der Waals surface area contributed by atoms with E-state index < -0.39 is 0 Å². The first-order valence-electron chi connectivity index (χ1n) is 9.12. The van der Waals surface area contributed by atoms with E-state index in [1.807, 2.05) is 72.8 Å². The Morgan fingerprint density at radius 3 is 1.71 bits per heavy atom. The molecule has 4 aromatic carbocycles. The third-order valence-electron chi connectivity index (χ3n) is 4.42. The van der Waals surface area contributed by atoms with E-state index in [0.717, 1.165) is 39.8 Å². The van der Waals surface area contributed by atoms with E-state index in [1.165, 1.54) is 0 Å². The molecule has 0 saturated carbocycles. The van der Waals surface area contributed by atoms with Gasteiger partial charge in [-0.1, -0.05) is 36.4 Å². The SMILES string of the molecule is Nc1cccc(Nc2cccc(N(c3ccccc3)c3cccc(N)c3)c2)c1. The summed E-state index contributed by atoms with van der Waals surface area (Å²) in [6.07, 6.45) is 0. The highest BCUT2D eigenvalue weighted by Crippen LogP contribution is 2.36. The van der Waals surface area contributed by atoms with Crippen LogP contribution in [0.5, 0.6) is 0 Å². The van der Waals surface area contributed by atoms with Crippen LogP contribution in [0.15, 0.2) is 103 Å². The zero-order chi connectivity index (χ0) is 19.3. The number of rotatable bonds is 5. The maximum Gasteiger partial charge on any atom is 0.0482 e. The molecule has 138 valence electrons. The van der Waals surface area contributed by atoms with E-state index in [-0.39, 0.29) is 0 Å². The highest BCUT2D eigenvalue weighted by Gasteiger charge is 2.13. The largest absolute Gasteiger partial charge is 0.399 e. The lowest BCUT2D eigenvalue weighted by molar-refractivity contribution is 1.28. The van der Waals surface area contributed by atoms with Crippen molar-refractivity contribution in [3.05, 3.63) is 103 Å². The van der Waals surface area contributed by atoms with Crippen LogP contribution in [0.2, 0.25) is 0 Å².